The number of hydrogen-bond donors (Lipinski definition) is 0. The van der Waals surface area contributed by atoms with Crippen molar-refractivity contribution in [2.24, 2.45) is 0 Å². The minimum absolute atomic E-state index is 0.137. The van der Waals surface area contributed by atoms with E-state index in [4.69, 9.17) is 4.74 Å². The Balaban J connectivity index is 1.50. The van der Waals surface area contributed by atoms with Gasteiger partial charge in [0.15, 0.2) is 6.10 Å². The minimum atomic E-state index is -0.361. The van der Waals surface area contributed by atoms with E-state index in [0.717, 1.165) is 23.5 Å². The average molecular weight is 331 g/mol. The highest BCUT2D eigenvalue weighted by molar-refractivity contribution is 7.99. The first kappa shape index (κ1) is 14.2. The van der Waals surface area contributed by atoms with Crippen molar-refractivity contribution >= 4 is 29.0 Å². The number of fused-ring (bicyclic) bond motifs is 1. The Morgan fingerprint density at radius 2 is 2.09 bits per heavy atom. The summed E-state index contributed by atoms with van der Waals surface area (Å²) in [7, 11) is 0. The van der Waals surface area contributed by atoms with Crippen molar-refractivity contribution in [2.45, 2.75) is 36.4 Å². The molecule has 2 aliphatic rings. The molecule has 1 aliphatic carbocycles. The van der Waals surface area contributed by atoms with Crippen molar-refractivity contribution in [3.8, 4) is 5.75 Å². The SMILES string of the molecule is O=C(C1CSc2ccccc2O1)N(Cc1cccs1)C1CC1. The summed E-state index contributed by atoms with van der Waals surface area (Å²) in [6.07, 6.45) is 1.88. The van der Waals surface area contributed by atoms with Crippen LogP contribution in [-0.2, 0) is 11.3 Å². The van der Waals surface area contributed by atoms with Crippen molar-refractivity contribution in [3.05, 3.63) is 46.7 Å². The van der Waals surface area contributed by atoms with Gasteiger partial charge in [0.1, 0.15) is 5.75 Å². The molecule has 1 aromatic heterocycles. The first-order valence-corrected chi connectivity index (χ1v) is 9.39. The summed E-state index contributed by atoms with van der Waals surface area (Å²) in [6.45, 7) is 0.716. The van der Waals surface area contributed by atoms with Gasteiger partial charge in [-0.2, -0.15) is 0 Å². The molecule has 0 N–H and O–H groups in total. The lowest BCUT2D eigenvalue weighted by atomic mass is 10.2. The Labute approximate surface area is 138 Å². The third-order valence-corrected chi connectivity index (χ3v) is 5.94. The maximum Gasteiger partial charge on any atom is 0.265 e. The molecule has 4 rings (SSSR count). The van der Waals surface area contributed by atoms with E-state index in [1.807, 2.05) is 35.2 Å². The number of rotatable bonds is 4. The molecule has 0 radical (unpaired) electrons. The molecular formula is C17H17NO2S2. The van der Waals surface area contributed by atoms with Crippen LogP contribution in [0.3, 0.4) is 0 Å². The number of carbonyl (C=O) groups excluding carboxylic acids is 1. The molecule has 22 heavy (non-hydrogen) atoms. The molecule has 1 fully saturated rings. The van der Waals surface area contributed by atoms with Crippen LogP contribution in [0.15, 0.2) is 46.7 Å². The summed E-state index contributed by atoms with van der Waals surface area (Å²) in [4.78, 5) is 17.3. The third kappa shape index (κ3) is 2.88. The van der Waals surface area contributed by atoms with E-state index in [-0.39, 0.29) is 12.0 Å². The first-order valence-electron chi connectivity index (χ1n) is 7.52. The van der Waals surface area contributed by atoms with Crippen LogP contribution >= 0.6 is 23.1 Å². The minimum Gasteiger partial charge on any atom is -0.479 e. The zero-order valence-corrected chi connectivity index (χ0v) is 13.7. The summed E-state index contributed by atoms with van der Waals surface area (Å²) in [5.41, 5.74) is 0. The number of nitrogens with zero attached hydrogens (tertiary/aromatic N) is 1. The summed E-state index contributed by atoms with van der Waals surface area (Å²) in [5, 5.41) is 2.06. The van der Waals surface area contributed by atoms with E-state index in [0.29, 0.717) is 18.3 Å². The Kier molecular flexibility index (Phi) is 3.84. The van der Waals surface area contributed by atoms with Crippen LogP contribution in [0.1, 0.15) is 17.7 Å². The number of benzene rings is 1. The van der Waals surface area contributed by atoms with E-state index in [1.165, 1.54) is 4.88 Å². The van der Waals surface area contributed by atoms with Gasteiger partial charge in [-0.15, -0.1) is 23.1 Å². The molecule has 1 amide bonds. The molecule has 0 bridgehead atoms. The smallest absolute Gasteiger partial charge is 0.265 e. The van der Waals surface area contributed by atoms with Gasteiger partial charge in [0, 0.05) is 21.6 Å². The van der Waals surface area contributed by atoms with Gasteiger partial charge in [-0.25, -0.2) is 0 Å². The lowest BCUT2D eigenvalue weighted by molar-refractivity contribution is -0.139. The number of amides is 1. The monoisotopic (exact) mass is 331 g/mol. The molecule has 114 valence electrons. The molecule has 1 aliphatic heterocycles. The highest BCUT2D eigenvalue weighted by Gasteiger charge is 2.38. The largest absolute Gasteiger partial charge is 0.479 e. The molecular weight excluding hydrogens is 314 g/mol. The normalized spacial score (nSPS) is 20.1. The lowest BCUT2D eigenvalue weighted by Gasteiger charge is -2.30. The van der Waals surface area contributed by atoms with Gasteiger partial charge < -0.3 is 9.64 Å². The highest BCUT2D eigenvalue weighted by Crippen LogP contribution is 2.37. The quantitative estimate of drug-likeness (QED) is 0.853. The van der Waals surface area contributed by atoms with E-state index >= 15 is 0 Å². The van der Waals surface area contributed by atoms with Crippen molar-refractivity contribution in [2.75, 3.05) is 5.75 Å². The second-order valence-electron chi connectivity index (χ2n) is 5.64. The molecule has 1 atom stereocenters. The number of para-hydroxylation sites is 1. The van der Waals surface area contributed by atoms with Crippen molar-refractivity contribution in [1.29, 1.82) is 0 Å². The molecule has 1 unspecified atom stereocenters. The van der Waals surface area contributed by atoms with Gasteiger partial charge in [0.25, 0.3) is 5.91 Å². The molecule has 3 nitrogen and oxygen atoms in total. The number of thioether (sulfide) groups is 1. The van der Waals surface area contributed by atoms with E-state index in [1.54, 1.807) is 23.1 Å². The van der Waals surface area contributed by atoms with Crippen LogP contribution in [0, 0.1) is 0 Å². The fourth-order valence-electron chi connectivity index (χ4n) is 2.67. The predicted octanol–water partition coefficient (Wildman–Crippen LogP) is 3.79. The zero-order valence-electron chi connectivity index (χ0n) is 12.1. The first-order chi connectivity index (χ1) is 10.8. The van der Waals surface area contributed by atoms with Gasteiger partial charge in [0.2, 0.25) is 0 Å². The second-order valence-corrected chi connectivity index (χ2v) is 7.73. The van der Waals surface area contributed by atoms with Crippen LogP contribution in [0.25, 0.3) is 0 Å². The maximum atomic E-state index is 12.9. The Hall–Kier alpha value is -1.46. The number of thiophene rings is 1. The van der Waals surface area contributed by atoms with Gasteiger partial charge in [-0.05, 0) is 36.4 Å². The Morgan fingerprint density at radius 1 is 1.23 bits per heavy atom. The predicted molar refractivity (Wildman–Crippen MR) is 89.5 cm³/mol. The van der Waals surface area contributed by atoms with Gasteiger partial charge in [-0.3, -0.25) is 4.79 Å². The van der Waals surface area contributed by atoms with Crippen LogP contribution in [0.2, 0.25) is 0 Å². The number of ether oxygens (including phenoxy) is 1. The lowest BCUT2D eigenvalue weighted by Crippen LogP contribution is -2.44. The zero-order chi connectivity index (χ0) is 14.9. The van der Waals surface area contributed by atoms with E-state index in [2.05, 4.69) is 11.4 Å². The fourth-order valence-corrected chi connectivity index (χ4v) is 4.35. The summed E-state index contributed by atoms with van der Waals surface area (Å²) >= 11 is 3.42. The molecule has 1 aromatic carbocycles. The van der Waals surface area contributed by atoms with Crippen LogP contribution in [0.4, 0.5) is 0 Å². The van der Waals surface area contributed by atoms with Crippen LogP contribution in [-0.4, -0.2) is 28.7 Å². The molecule has 1 saturated carbocycles. The standard InChI is InChI=1S/C17H17NO2S2/c19-17(15-11-22-16-6-2-1-5-14(16)20-15)18(12-7-8-12)10-13-4-3-9-21-13/h1-6,9,12,15H,7-8,10-11H2. The van der Waals surface area contributed by atoms with Crippen molar-refractivity contribution in [3.63, 3.8) is 0 Å². The van der Waals surface area contributed by atoms with E-state index < -0.39 is 0 Å². The summed E-state index contributed by atoms with van der Waals surface area (Å²) < 4.78 is 5.96. The second kappa shape index (κ2) is 5.97. The van der Waals surface area contributed by atoms with Crippen molar-refractivity contribution < 1.29 is 9.53 Å². The Morgan fingerprint density at radius 3 is 2.86 bits per heavy atom. The van der Waals surface area contributed by atoms with Crippen LogP contribution in [0.5, 0.6) is 5.75 Å². The topological polar surface area (TPSA) is 29.5 Å². The highest BCUT2D eigenvalue weighted by atomic mass is 32.2. The molecule has 0 spiro atoms. The van der Waals surface area contributed by atoms with Gasteiger partial charge >= 0.3 is 0 Å². The molecule has 5 heteroatoms. The van der Waals surface area contributed by atoms with E-state index in [9.17, 15) is 4.79 Å². The average Bonchev–Trinajstić information content (AvgIpc) is 3.27. The summed E-state index contributed by atoms with van der Waals surface area (Å²) in [5.74, 6) is 1.67. The number of hydrogen-bond acceptors (Lipinski definition) is 4. The maximum absolute atomic E-state index is 12.9. The van der Waals surface area contributed by atoms with Crippen molar-refractivity contribution in [1.82, 2.24) is 4.90 Å². The molecule has 2 aromatic rings. The fraction of sp³-hybridized carbons (Fsp3) is 0.353. The van der Waals surface area contributed by atoms with Gasteiger partial charge in [-0.1, -0.05) is 18.2 Å². The Bertz CT molecular complexity index is 667. The summed E-state index contributed by atoms with van der Waals surface area (Å²) in [6, 6.07) is 12.5. The third-order valence-electron chi connectivity index (χ3n) is 3.96. The van der Waals surface area contributed by atoms with Gasteiger partial charge in [0.05, 0.1) is 6.54 Å². The van der Waals surface area contributed by atoms with Crippen LogP contribution < -0.4 is 4.74 Å². The number of carbonyl (C=O) groups is 1. The molecule has 0 saturated heterocycles. The molecule has 2 heterocycles.